The summed E-state index contributed by atoms with van der Waals surface area (Å²) in [5, 5.41) is 0.663. The fourth-order valence-corrected chi connectivity index (χ4v) is 2.58. The van der Waals surface area contributed by atoms with Gasteiger partial charge >= 0.3 is 12.7 Å². The first-order valence-electron chi connectivity index (χ1n) is 7.56. The maximum Gasteiger partial charge on any atom is 0.419 e. The highest BCUT2D eigenvalue weighted by molar-refractivity contribution is 5.95. The normalized spacial score (nSPS) is 11.8. The summed E-state index contributed by atoms with van der Waals surface area (Å²) in [4.78, 5) is 12.4. The highest BCUT2D eigenvalue weighted by Crippen LogP contribution is 2.34. The van der Waals surface area contributed by atoms with Crippen LogP contribution in [0.5, 0.6) is 5.75 Å². The Labute approximate surface area is 139 Å². The van der Waals surface area contributed by atoms with E-state index >= 15 is 0 Å². The summed E-state index contributed by atoms with van der Waals surface area (Å²) in [6.45, 7) is 7.81. The standard InChI is InChI=1S/C18H21F2NO3/c1-6-7-12-13-8-9-21(17(22)24-18(3,4)5)15(13)11(2)10-14(12)23-16(19)20/h6,8-10,16H,1,7H2,2-5H3. The lowest BCUT2D eigenvalue weighted by molar-refractivity contribution is -0.0503. The topological polar surface area (TPSA) is 40.5 Å². The number of ether oxygens (including phenoxy) is 2. The van der Waals surface area contributed by atoms with Gasteiger partial charge in [0, 0.05) is 17.1 Å². The molecule has 0 radical (unpaired) electrons. The molecule has 24 heavy (non-hydrogen) atoms. The molecule has 0 atom stereocenters. The number of fused-ring (bicyclic) bond motifs is 1. The molecule has 6 heteroatoms. The third-order valence-corrected chi connectivity index (χ3v) is 3.38. The Kier molecular flexibility index (Phi) is 4.96. The highest BCUT2D eigenvalue weighted by atomic mass is 19.3. The summed E-state index contributed by atoms with van der Waals surface area (Å²) in [6, 6.07) is 3.21. The van der Waals surface area contributed by atoms with Crippen LogP contribution in [0.1, 0.15) is 31.9 Å². The maximum absolute atomic E-state index is 12.7. The molecular formula is C18H21F2NO3. The van der Waals surface area contributed by atoms with E-state index in [2.05, 4.69) is 11.3 Å². The predicted molar refractivity (Wildman–Crippen MR) is 88.8 cm³/mol. The molecule has 0 aliphatic rings. The monoisotopic (exact) mass is 337 g/mol. The number of carbonyl (C=O) groups excluding carboxylic acids is 1. The largest absolute Gasteiger partial charge is 0.443 e. The van der Waals surface area contributed by atoms with Crippen molar-refractivity contribution in [3.05, 3.63) is 42.1 Å². The van der Waals surface area contributed by atoms with E-state index in [1.165, 1.54) is 10.6 Å². The number of aryl methyl sites for hydroxylation is 1. The molecule has 0 saturated carbocycles. The Morgan fingerprint density at radius 3 is 2.62 bits per heavy atom. The number of hydrogen-bond donors (Lipinski definition) is 0. The van der Waals surface area contributed by atoms with Crippen LogP contribution in [0.2, 0.25) is 0 Å². The first kappa shape index (κ1) is 18.0. The summed E-state index contributed by atoms with van der Waals surface area (Å²) in [6.07, 6.45) is 3.00. The zero-order valence-corrected chi connectivity index (χ0v) is 14.2. The summed E-state index contributed by atoms with van der Waals surface area (Å²) in [7, 11) is 0. The van der Waals surface area contributed by atoms with E-state index in [0.29, 0.717) is 28.5 Å². The average molecular weight is 337 g/mol. The van der Waals surface area contributed by atoms with Gasteiger partial charge in [-0.05, 0) is 51.8 Å². The van der Waals surface area contributed by atoms with Gasteiger partial charge in [0.1, 0.15) is 11.4 Å². The molecule has 4 nitrogen and oxygen atoms in total. The molecular weight excluding hydrogens is 316 g/mol. The van der Waals surface area contributed by atoms with E-state index < -0.39 is 18.3 Å². The zero-order chi connectivity index (χ0) is 18.1. The molecule has 0 bridgehead atoms. The SMILES string of the molecule is C=CCc1c(OC(F)F)cc(C)c2c1ccn2C(=O)OC(C)(C)C. The van der Waals surface area contributed by atoms with Crippen LogP contribution in [0.4, 0.5) is 13.6 Å². The van der Waals surface area contributed by atoms with Gasteiger partial charge in [-0.25, -0.2) is 4.79 Å². The smallest absolute Gasteiger partial charge is 0.419 e. The number of alkyl halides is 2. The van der Waals surface area contributed by atoms with E-state index in [9.17, 15) is 13.6 Å². The number of benzene rings is 1. The predicted octanol–water partition coefficient (Wildman–Crippen LogP) is 5.06. The molecule has 0 spiro atoms. The van der Waals surface area contributed by atoms with Crippen LogP contribution >= 0.6 is 0 Å². The van der Waals surface area contributed by atoms with Crippen molar-refractivity contribution < 1.29 is 23.0 Å². The van der Waals surface area contributed by atoms with Crippen molar-refractivity contribution in [2.75, 3.05) is 0 Å². The lowest BCUT2D eigenvalue weighted by Gasteiger charge is -2.20. The fraction of sp³-hybridized carbons (Fsp3) is 0.389. The second kappa shape index (κ2) is 6.63. The number of nitrogens with zero attached hydrogens (tertiary/aromatic N) is 1. The van der Waals surface area contributed by atoms with Gasteiger partial charge in [-0.1, -0.05) is 6.08 Å². The number of allylic oxidation sites excluding steroid dienone is 1. The van der Waals surface area contributed by atoms with Crippen LogP contribution in [0, 0.1) is 6.92 Å². The quantitative estimate of drug-likeness (QED) is 0.732. The molecule has 0 fully saturated rings. The Morgan fingerprint density at radius 2 is 2.08 bits per heavy atom. The van der Waals surface area contributed by atoms with Gasteiger partial charge in [-0.2, -0.15) is 8.78 Å². The second-order valence-corrected chi connectivity index (χ2v) is 6.47. The maximum atomic E-state index is 12.7. The molecule has 0 N–H and O–H groups in total. The van der Waals surface area contributed by atoms with Crippen molar-refractivity contribution >= 4 is 17.0 Å². The molecule has 2 aromatic rings. The molecule has 0 unspecified atom stereocenters. The number of hydrogen-bond acceptors (Lipinski definition) is 3. The minimum Gasteiger partial charge on any atom is -0.443 e. The van der Waals surface area contributed by atoms with Crippen LogP contribution in [0.15, 0.2) is 31.0 Å². The van der Waals surface area contributed by atoms with Crippen molar-refractivity contribution in [2.45, 2.75) is 46.3 Å². The van der Waals surface area contributed by atoms with E-state index in [1.54, 1.807) is 46.0 Å². The summed E-state index contributed by atoms with van der Waals surface area (Å²) < 4.78 is 36.7. The minimum absolute atomic E-state index is 0.0943. The van der Waals surface area contributed by atoms with Gasteiger partial charge in [0.05, 0.1) is 5.52 Å². The van der Waals surface area contributed by atoms with Gasteiger partial charge in [-0.3, -0.25) is 4.57 Å². The zero-order valence-electron chi connectivity index (χ0n) is 14.2. The highest BCUT2D eigenvalue weighted by Gasteiger charge is 2.22. The molecule has 0 aliphatic carbocycles. The molecule has 0 saturated heterocycles. The van der Waals surface area contributed by atoms with Crippen molar-refractivity contribution in [3.63, 3.8) is 0 Å². The van der Waals surface area contributed by atoms with Crippen LogP contribution in [-0.4, -0.2) is 22.9 Å². The van der Waals surface area contributed by atoms with Crippen LogP contribution in [0.3, 0.4) is 0 Å². The van der Waals surface area contributed by atoms with Crippen molar-refractivity contribution in [1.82, 2.24) is 4.57 Å². The Balaban J connectivity index is 2.61. The van der Waals surface area contributed by atoms with E-state index in [1.807, 2.05) is 0 Å². The van der Waals surface area contributed by atoms with Gasteiger partial charge in [0.25, 0.3) is 0 Å². The van der Waals surface area contributed by atoms with Crippen LogP contribution in [0.25, 0.3) is 10.9 Å². The Bertz CT molecular complexity index is 773. The number of halogens is 2. The van der Waals surface area contributed by atoms with Gasteiger partial charge in [0.2, 0.25) is 0 Å². The summed E-state index contributed by atoms with van der Waals surface area (Å²) in [5.74, 6) is 0.0943. The average Bonchev–Trinajstić information content (AvgIpc) is 2.86. The summed E-state index contributed by atoms with van der Waals surface area (Å²) >= 11 is 0. The molecule has 0 amide bonds. The lowest BCUT2D eigenvalue weighted by atomic mass is 10.0. The Morgan fingerprint density at radius 1 is 1.42 bits per heavy atom. The third kappa shape index (κ3) is 3.75. The van der Waals surface area contributed by atoms with E-state index in [0.717, 1.165) is 0 Å². The van der Waals surface area contributed by atoms with Crippen molar-refractivity contribution in [2.24, 2.45) is 0 Å². The van der Waals surface area contributed by atoms with Gasteiger partial charge < -0.3 is 9.47 Å². The molecule has 0 aliphatic heterocycles. The Hall–Kier alpha value is -2.37. The van der Waals surface area contributed by atoms with Crippen molar-refractivity contribution in [1.29, 1.82) is 0 Å². The number of aromatic nitrogens is 1. The lowest BCUT2D eigenvalue weighted by Crippen LogP contribution is -2.26. The van der Waals surface area contributed by atoms with Crippen LogP contribution in [-0.2, 0) is 11.2 Å². The van der Waals surface area contributed by atoms with E-state index in [4.69, 9.17) is 4.74 Å². The number of carbonyl (C=O) groups is 1. The molecule has 1 aromatic carbocycles. The third-order valence-electron chi connectivity index (χ3n) is 3.38. The molecule has 130 valence electrons. The molecule has 1 aromatic heterocycles. The first-order valence-corrected chi connectivity index (χ1v) is 7.56. The van der Waals surface area contributed by atoms with Crippen molar-refractivity contribution in [3.8, 4) is 5.75 Å². The molecule has 2 rings (SSSR count). The van der Waals surface area contributed by atoms with Gasteiger partial charge in [0.15, 0.2) is 0 Å². The van der Waals surface area contributed by atoms with Crippen LogP contribution < -0.4 is 4.74 Å². The van der Waals surface area contributed by atoms with E-state index in [-0.39, 0.29) is 5.75 Å². The number of rotatable bonds is 4. The molecule has 1 heterocycles. The first-order chi connectivity index (χ1) is 11.1. The van der Waals surface area contributed by atoms with Gasteiger partial charge in [-0.15, -0.1) is 6.58 Å². The minimum atomic E-state index is -2.92. The summed E-state index contributed by atoms with van der Waals surface area (Å²) in [5.41, 5.74) is 1.19. The fourth-order valence-electron chi connectivity index (χ4n) is 2.58. The second-order valence-electron chi connectivity index (χ2n) is 6.47.